The third-order valence-electron chi connectivity index (χ3n) is 5.92. The SMILES string of the molecule is CCC=Cc1cccc(-c2ccc(CC(NS(=O)(=O)c3ccccn3)c3cccc(NCC(=O)O)n3)cc2)c1. The zero-order chi connectivity index (χ0) is 27.7. The summed E-state index contributed by atoms with van der Waals surface area (Å²) in [5, 5.41) is 11.6. The molecule has 4 rings (SSSR count). The zero-order valence-corrected chi connectivity index (χ0v) is 22.3. The minimum atomic E-state index is -3.95. The second kappa shape index (κ2) is 12.9. The number of nitrogens with one attached hydrogen (secondary N) is 2. The topological polar surface area (TPSA) is 121 Å². The summed E-state index contributed by atoms with van der Waals surface area (Å²) < 4.78 is 29.0. The van der Waals surface area contributed by atoms with Crippen LogP contribution in [-0.2, 0) is 21.2 Å². The second-order valence-corrected chi connectivity index (χ2v) is 10.5. The van der Waals surface area contributed by atoms with Crippen molar-refractivity contribution in [3.8, 4) is 11.1 Å². The van der Waals surface area contributed by atoms with Gasteiger partial charge in [-0.2, -0.15) is 0 Å². The van der Waals surface area contributed by atoms with E-state index in [0.717, 1.165) is 28.7 Å². The van der Waals surface area contributed by atoms with Crippen molar-refractivity contribution in [2.24, 2.45) is 0 Å². The van der Waals surface area contributed by atoms with Gasteiger partial charge in [-0.1, -0.05) is 73.7 Å². The van der Waals surface area contributed by atoms with E-state index in [1.54, 1.807) is 30.3 Å². The highest BCUT2D eigenvalue weighted by atomic mass is 32.2. The molecular weight excluding hydrogens is 512 g/mol. The van der Waals surface area contributed by atoms with Gasteiger partial charge in [-0.15, -0.1) is 0 Å². The highest BCUT2D eigenvalue weighted by Crippen LogP contribution is 2.25. The summed E-state index contributed by atoms with van der Waals surface area (Å²) in [5.41, 5.74) is 4.62. The van der Waals surface area contributed by atoms with Crippen LogP contribution in [-0.4, -0.2) is 36.0 Å². The molecule has 4 aromatic rings. The number of hydrogen-bond acceptors (Lipinski definition) is 6. The molecule has 0 saturated carbocycles. The maximum atomic E-state index is 13.2. The number of rotatable bonds is 12. The summed E-state index contributed by atoms with van der Waals surface area (Å²) in [4.78, 5) is 19.5. The Labute approximate surface area is 228 Å². The average Bonchev–Trinajstić information content (AvgIpc) is 2.96. The molecule has 2 aromatic heterocycles. The number of carboxylic acid groups (broad SMARTS) is 1. The monoisotopic (exact) mass is 542 g/mol. The molecule has 0 bridgehead atoms. The van der Waals surface area contributed by atoms with Crippen LogP contribution < -0.4 is 10.0 Å². The number of anilines is 1. The van der Waals surface area contributed by atoms with Crippen molar-refractivity contribution in [3.63, 3.8) is 0 Å². The van der Waals surface area contributed by atoms with Gasteiger partial charge >= 0.3 is 5.97 Å². The number of aliphatic carboxylic acids is 1. The molecule has 0 saturated heterocycles. The van der Waals surface area contributed by atoms with Gasteiger partial charge in [0.15, 0.2) is 5.03 Å². The van der Waals surface area contributed by atoms with Gasteiger partial charge in [0.1, 0.15) is 12.4 Å². The van der Waals surface area contributed by atoms with Crippen LogP contribution in [0.25, 0.3) is 17.2 Å². The first-order valence-corrected chi connectivity index (χ1v) is 14.0. The Hall–Kier alpha value is -4.34. The number of aromatic nitrogens is 2. The summed E-state index contributed by atoms with van der Waals surface area (Å²) >= 11 is 0. The van der Waals surface area contributed by atoms with Gasteiger partial charge < -0.3 is 10.4 Å². The Balaban J connectivity index is 1.61. The summed E-state index contributed by atoms with van der Waals surface area (Å²) in [6, 6.07) is 25.3. The molecule has 0 fully saturated rings. The van der Waals surface area contributed by atoms with Gasteiger partial charge in [0, 0.05) is 6.20 Å². The van der Waals surface area contributed by atoms with Crippen LogP contribution in [0.2, 0.25) is 0 Å². The lowest BCUT2D eigenvalue weighted by Gasteiger charge is -2.19. The first-order valence-electron chi connectivity index (χ1n) is 12.6. The predicted molar refractivity (Wildman–Crippen MR) is 153 cm³/mol. The van der Waals surface area contributed by atoms with Crippen molar-refractivity contribution < 1.29 is 18.3 Å². The van der Waals surface area contributed by atoms with E-state index in [2.05, 4.69) is 57.3 Å². The largest absolute Gasteiger partial charge is 0.480 e. The maximum Gasteiger partial charge on any atom is 0.322 e. The minimum absolute atomic E-state index is 0.0949. The van der Waals surface area contributed by atoms with E-state index < -0.39 is 22.0 Å². The summed E-state index contributed by atoms with van der Waals surface area (Å²) in [5.74, 6) is -0.689. The molecule has 2 heterocycles. The molecule has 0 spiro atoms. The molecule has 0 amide bonds. The molecule has 0 aliphatic carbocycles. The summed E-state index contributed by atoms with van der Waals surface area (Å²) in [6.45, 7) is 1.79. The average molecular weight is 543 g/mol. The lowest BCUT2D eigenvalue weighted by molar-refractivity contribution is -0.134. The molecule has 1 unspecified atom stereocenters. The Kier molecular flexibility index (Phi) is 9.19. The van der Waals surface area contributed by atoms with Crippen LogP contribution in [0, 0.1) is 0 Å². The van der Waals surface area contributed by atoms with Crippen molar-refractivity contribution >= 4 is 27.9 Å². The number of sulfonamides is 1. The molecule has 2 aromatic carbocycles. The van der Waals surface area contributed by atoms with Crippen molar-refractivity contribution in [3.05, 3.63) is 114 Å². The van der Waals surface area contributed by atoms with E-state index in [1.807, 2.05) is 30.3 Å². The van der Waals surface area contributed by atoms with E-state index in [4.69, 9.17) is 5.11 Å². The van der Waals surface area contributed by atoms with Gasteiger partial charge in [0.25, 0.3) is 10.0 Å². The molecule has 1 atom stereocenters. The van der Waals surface area contributed by atoms with Crippen LogP contribution in [0.1, 0.15) is 36.2 Å². The molecule has 9 heteroatoms. The van der Waals surface area contributed by atoms with E-state index in [0.29, 0.717) is 17.9 Å². The van der Waals surface area contributed by atoms with Gasteiger partial charge in [-0.25, -0.2) is 23.1 Å². The second-order valence-electron chi connectivity index (χ2n) is 8.87. The third kappa shape index (κ3) is 7.83. The van der Waals surface area contributed by atoms with Gasteiger partial charge in [-0.3, -0.25) is 4.79 Å². The van der Waals surface area contributed by atoms with Crippen LogP contribution in [0.4, 0.5) is 5.82 Å². The first kappa shape index (κ1) is 27.7. The third-order valence-corrected chi connectivity index (χ3v) is 7.31. The van der Waals surface area contributed by atoms with E-state index in [9.17, 15) is 13.2 Å². The zero-order valence-electron chi connectivity index (χ0n) is 21.5. The normalized spacial score (nSPS) is 12.3. The molecule has 0 aliphatic heterocycles. The Morgan fingerprint density at radius 1 is 0.974 bits per heavy atom. The van der Waals surface area contributed by atoms with E-state index in [-0.39, 0.29) is 11.6 Å². The van der Waals surface area contributed by atoms with Gasteiger partial charge in [0.05, 0.1) is 11.7 Å². The Morgan fingerprint density at radius 3 is 2.49 bits per heavy atom. The first-order chi connectivity index (χ1) is 18.8. The van der Waals surface area contributed by atoms with Crippen LogP contribution >= 0.6 is 0 Å². The fourth-order valence-electron chi connectivity index (χ4n) is 4.02. The molecule has 200 valence electrons. The fraction of sp³-hybridized carbons (Fsp3) is 0.167. The number of pyridine rings is 2. The van der Waals surface area contributed by atoms with Gasteiger partial charge in [0.2, 0.25) is 0 Å². The summed E-state index contributed by atoms with van der Waals surface area (Å²) in [7, 11) is -3.95. The molecule has 8 nitrogen and oxygen atoms in total. The predicted octanol–water partition coefficient (Wildman–Crippen LogP) is 5.33. The number of nitrogens with zero attached hydrogens (tertiary/aromatic N) is 2. The van der Waals surface area contributed by atoms with Gasteiger partial charge in [-0.05, 0) is 65.4 Å². The molecular formula is C30H30N4O4S. The van der Waals surface area contributed by atoms with Crippen LogP contribution in [0.5, 0.6) is 0 Å². The van der Waals surface area contributed by atoms with Crippen molar-refractivity contribution in [1.82, 2.24) is 14.7 Å². The minimum Gasteiger partial charge on any atom is -0.480 e. The molecule has 3 N–H and O–H groups in total. The quantitative estimate of drug-likeness (QED) is 0.221. The van der Waals surface area contributed by atoms with Crippen molar-refractivity contribution in [1.29, 1.82) is 0 Å². The van der Waals surface area contributed by atoms with E-state index >= 15 is 0 Å². The number of hydrogen-bond donors (Lipinski definition) is 3. The number of carbonyl (C=O) groups is 1. The fourth-order valence-corrected chi connectivity index (χ4v) is 5.17. The van der Waals surface area contributed by atoms with E-state index in [1.165, 1.54) is 12.3 Å². The van der Waals surface area contributed by atoms with Crippen LogP contribution in [0.3, 0.4) is 0 Å². The molecule has 0 aliphatic rings. The standard InChI is InChI=1S/C30H30N4O4S/c1-2-3-8-22-9-6-10-25(19-22)24-16-14-23(15-17-24)20-27(34-39(37,38)29-13-4-5-18-31-29)26-11-7-12-28(33-26)32-21-30(35)36/h3-19,27,34H,2,20-21H2,1H3,(H,32,33)(H,35,36). The van der Waals surface area contributed by atoms with Crippen molar-refractivity contribution in [2.45, 2.75) is 30.8 Å². The highest BCUT2D eigenvalue weighted by Gasteiger charge is 2.24. The maximum absolute atomic E-state index is 13.2. The number of benzene rings is 2. The Morgan fingerprint density at radius 2 is 1.77 bits per heavy atom. The number of allylic oxidation sites excluding steroid dienone is 1. The van der Waals surface area contributed by atoms with Crippen LogP contribution in [0.15, 0.2) is 102 Å². The molecule has 0 radical (unpaired) electrons. The lowest BCUT2D eigenvalue weighted by Crippen LogP contribution is -2.31. The lowest BCUT2D eigenvalue weighted by atomic mass is 9.98. The smallest absolute Gasteiger partial charge is 0.322 e. The molecule has 39 heavy (non-hydrogen) atoms. The summed E-state index contributed by atoms with van der Waals surface area (Å²) in [6.07, 6.45) is 6.93. The van der Waals surface area contributed by atoms with Crippen molar-refractivity contribution in [2.75, 3.05) is 11.9 Å². The number of carboxylic acids is 1. The highest BCUT2D eigenvalue weighted by molar-refractivity contribution is 7.89. The Bertz CT molecular complexity index is 1540.